The minimum Gasteiger partial charge on any atom is -0.313 e. The van der Waals surface area contributed by atoms with Gasteiger partial charge in [0.1, 0.15) is 0 Å². The van der Waals surface area contributed by atoms with Crippen LogP contribution in [0.3, 0.4) is 0 Å². The molecular formula is C19H32N2. The third-order valence-electron chi connectivity index (χ3n) is 4.57. The highest BCUT2D eigenvalue weighted by Crippen LogP contribution is 2.19. The Hall–Kier alpha value is -0.860. The Bertz CT molecular complexity index is 388. The standard InChI is InChI=1S/C19H32N2/c1-16(2)14-19-15-21(12-7-11-20-19)13-10-17(3)18-8-5-4-6-9-18/h4-6,8-9,16-17,19-20H,7,10-15H2,1-3H3. The molecule has 2 heteroatoms. The quantitative estimate of drug-likeness (QED) is 0.854. The molecule has 2 nitrogen and oxygen atoms in total. The van der Waals surface area contributed by atoms with Crippen LogP contribution in [-0.4, -0.2) is 37.1 Å². The van der Waals surface area contributed by atoms with Gasteiger partial charge >= 0.3 is 0 Å². The van der Waals surface area contributed by atoms with Crippen LogP contribution in [0, 0.1) is 5.92 Å². The first-order valence-corrected chi connectivity index (χ1v) is 8.66. The summed E-state index contributed by atoms with van der Waals surface area (Å²) < 4.78 is 0. The lowest BCUT2D eigenvalue weighted by Crippen LogP contribution is -2.39. The third kappa shape index (κ3) is 5.80. The summed E-state index contributed by atoms with van der Waals surface area (Å²) in [6.45, 7) is 11.9. The van der Waals surface area contributed by atoms with E-state index in [0.717, 1.165) is 5.92 Å². The second-order valence-electron chi connectivity index (χ2n) is 7.04. The van der Waals surface area contributed by atoms with E-state index < -0.39 is 0 Å². The Morgan fingerprint density at radius 3 is 2.67 bits per heavy atom. The molecule has 1 aromatic rings. The van der Waals surface area contributed by atoms with Crippen molar-refractivity contribution in [1.29, 1.82) is 0 Å². The van der Waals surface area contributed by atoms with Crippen LogP contribution in [0.4, 0.5) is 0 Å². The molecule has 2 rings (SSSR count). The van der Waals surface area contributed by atoms with Crippen LogP contribution < -0.4 is 5.32 Å². The molecule has 1 aliphatic heterocycles. The Kier molecular flexibility index (Phi) is 6.72. The molecule has 2 atom stereocenters. The van der Waals surface area contributed by atoms with Gasteiger partial charge in [0.2, 0.25) is 0 Å². The number of hydrogen-bond acceptors (Lipinski definition) is 2. The number of benzene rings is 1. The van der Waals surface area contributed by atoms with Gasteiger partial charge in [-0.25, -0.2) is 0 Å². The lowest BCUT2D eigenvalue weighted by atomic mass is 9.97. The number of hydrogen-bond donors (Lipinski definition) is 1. The molecule has 1 heterocycles. The molecule has 0 radical (unpaired) electrons. The van der Waals surface area contributed by atoms with E-state index in [9.17, 15) is 0 Å². The molecule has 0 saturated carbocycles. The van der Waals surface area contributed by atoms with Gasteiger partial charge in [-0.15, -0.1) is 0 Å². The Morgan fingerprint density at radius 1 is 1.19 bits per heavy atom. The van der Waals surface area contributed by atoms with Crippen molar-refractivity contribution in [3.8, 4) is 0 Å². The first-order valence-electron chi connectivity index (χ1n) is 8.66. The van der Waals surface area contributed by atoms with Crippen molar-refractivity contribution in [2.24, 2.45) is 5.92 Å². The first kappa shape index (κ1) is 16.5. The molecule has 0 amide bonds. The SMILES string of the molecule is CC(C)CC1CN(CCC(C)c2ccccc2)CCCN1. The molecular weight excluding hydrogens is 256 g/mol. The van der Waals surface area contributed by atoms with Gasteiger partial charge < -0.3 is 10.2 Å². The highest BCUT2D eigenvalue weighted by Gasteiger charge is 2.19. The molecule has 21 heavy (non-hydrogen) atoms. The van der Waals surface area contributed by atoms with Gasteiger partial charge in [0.05, 0.1) is 0 Å². The monoisotopic (exact) mass is 288 g/mol. The van der Waals surface area contributed by atoms with Crippen LogP contribution in [0.25, 0.3) is 0 Å². The Labute approximate surface area is 130 Å². The zero-order valence-electron chi connectivity index (χ0n) is 14.0. The minimum absolute atomic E-state index is 0.658. The van der Waals surface area contributed by atoms with Crippen molar-refractivity contribution in [1.82, 2.24) is 10.2 Å². The van der Waals surface area contributed by atoms with E-state index in [1.807, 2.05) is 0 Å². The van der Waals surface area contributed by atoms with E-state index in [1.165, 1.54) is 51.0 Å². The van der Waals surface area contributed by atoms with Crippen LogP contribution in [0.2, 0.25) is 0 Å². The zero-order valence-corrected chi connectivity index (χ0v) is 14.0. The molecule has 1 saturated heterocycles. The maximum atomic E-state index is 3.72. The fourth-order valence-electron chi connectivity index (χ4n) is 3.33. The fraction of sp³-hybridized carbons (Fsp3) is 0.684. The largest absolute Gasteiger partial charge is 0.313 e. The van der Waals surface area contributed by atoms with Crippen LogP contribution in [0.5, 0.6) is 0 Å². The van der Waals surface area contributed by atoms with Crippen molar-refractivity contribution >= 4 is 0 Å². The second-order valence-corrected chi connectivity index (χ2v) is 7.04. The summed E-state index contributed by atoms with van der Waals surface area (Å²) >= 11 is 0. The molecule has 1 N–H and O–H groups in total. The third-order valence-corrected chi connectivity index (χ3v) is 4.57. The maximum Gasteiger partial charge on any atom is 0.0197 e. The van der Waals surface area contributed by atoms with E-state index >= 15 is 0 Å². The molecule has 0 aliphatic carbocycles. The molecule has 0 bridgehead atoms. The lowest BCUT2D eigenvalue weighted by molar-refractivity contribution is 0.247. The van der Waals surface area contributed by atoms with Crippen molar-refractivity contribution in [2.45, 2.75) is 52.0 Å². The van der Waals surface area contributed by atoms with E-state index in [4.69, 9.17) is 0 Å². The topological polar surface area (TPSA) is 15.3 Å². The minimum atomic E-state index is 0.658. The molecule has 0 aromatic heterocycles. The predicted octanol–water partition coefficient (Wildman–Crippen LogP) is 3.89. The summed E-state index contributed by atoms with van der Waals surface area (Å²) in [5.41, 5.74) is 1.48. The van der Waals surface area contributed by atoms with Crippen molar-refractivity contribution < 1.29 is 0 Å². The van der Waals surface area contributed by atoms with Crippen molar-refractivity contribution in [2.75, 3.05) is 26.2 Å². The van der Waals surface area contributed by atoms with E-state index in [0.29, 0.717) is 12.0 Å². The van der Waals surface area contributed by atoms with E-state index in [-0.39, 0.29) is 0 Å². The lowest BCUT2D eigenvalue weighted by Gasteiger charge is -2.26. The van der Waals surface area contributed by atoms with Crippen LogP contribution in [0.15, 0.2) is 30.3 Å². The van der Waals surface area contributed by atoms with Crippen molar-refractivity contribution in [3.63, 3.8) is 0 Å². The number of nitrogens with zero attached hydrogens (tertiary/aromatic N) is 1. The summed E-state index contributed by atoms with van der Waals surface area (Å²) in [6.07, 6.45) is 3.84. The van der Waals surface area contributed by atoms with E-state index in [2.05, 4.69) is 61.3 Å². The summed E-state index contributed by atoms with van der Waals surface area (Å²) in [4.78, 5) is 2.67. The molecule has 1 aliphatic rings. The second kappa shape index (κ2) is 8.55. The first-order chi connectivity index (χ1) is 10.1. The van der Waals surface area contributed by atoms with Gasteiger partial charge in [0.25, 0.3) is 0 Å². The van der Waals surface area contributed by atoms with Gasteiger partial charge in [-0.1, -0.05) is 51.1 Å². The predicted molar refractivity (Wildman–Crippen MR) is 91.8 cm³/mol. The smallest absolute Gasteiger partial charge is 0.0197 e. The summed E-state index contributed by atoms with van der Waals surface area (Å²) in [7, 11) is 0. The molecule has 1 fully saturated rings. The normalized spacial score (nSPS) is 22.2. The van der Waals surface area contributed by atoms with Gasteiger partial charge in [-0.3, -0.25) is 0 Å². The van der Waals surface area contributed by atoms with Crippen LogP contribution in [-0.2, 0) is 0 Å². The Morgan fingerprint density at radius 2 is 1.95 bits per heavy atom. The van der Waals surface area contributed by atoms with Crippen molar-refractivity contribution in [3.05, 3.63) is 35.9 Å². The molecule has 118 valence electrons. The van der Waals surface area contributed by atoms with Gasteiger partial charge in [-0.2, -0.15) is 0 Å². The van der Waals surface area contributed by atoms with Gasteiger partial charge in [0, 0.05) is 12.6 Å². The molecule has 0 spiro atoms. The molecule has 1 aromatic carbocycles. The summed E-state index contributed by atoms with van der Waals surface area (Å²) in [6, 6.07) is 11.6. The molecule has 2 unspecified atom stereocenters. The average molecular weight is 288 g/mol. The fourth-order valence-corrected chi connectivity index (χ4v) is 3.33. The highest BCUT2D eigenvalue weighted by atomic mass is 15.2. The Balaban J connectivity index is 1.81. The number of nitrogens with one attached hydrogen (secondary N) is 1. The van der Waals surface area contributed by atoms with Crippen LogP contribution >= 0.6 is 0 Å². The highest BCUT2D eigenvalue weighted by molar-refractivity contribution is 5.18. The van der Waals surface area contributed by atoms with Crippen LogP contribution in [0.1, 0.15) is 51.5 Å². The average Bonchev–Trinajstić information content (AvgIpc) is 2.70. The summed E-state index contributed by atoms with van der Waals surface area (Å²) in [5.74, 6) is 1.44. The van der Waals surface area contributed by atoms with E-state index in [1.54, 1.807) is 0 Å². The maximum absolute atomic E-state index is 3.72. The van der Waals surface area contributed by atoms with Gasteiger partial charge in [-0.05, 0) is 56.3 Å². The summed E-state index contributed by atoms with van der Waals surface area (Å²) in [5, 5.41) is 3.72. The zero-order chi connectivity index (χ0) is 15.1. The number of rotatable bonds is 6. The van der Waals surface area contributed by atoms with Gasteiger partial charge in [0.15, 0.2) is 0 Å².